The molecule has 78 valence electrons. The lowest BCUT2D eigenvalue weighted by Gasteiger charge is -2.10. The number of hydrogen-bond donors (Lipinski definition) is 1. The number of ether oxygens (including phenoxy) is 1. The van der Waals surface area contributed by atoms with Crippen molar-refractivity contribution >= 4 is 15.9 Å². The zero-order chi connectivity index (χ0) is 10.7. The predicted octanol–water partition coefficient (Wildman–Crippen LogP) is 2.40. The van der Waals surface area contributed by atoms with Crippen LogP contribution in [-0.4, -0.2) is 17.5 Å². The first-order valence-electron chi connectivity index (χ1n) is 3.87. The smallest absolute Gasteiger partial charge is 0.165 e. The third-order valence-corrected chi connectivity index (χ3v) is 2.39. The Morgan fingerprint density at radius 3 is 2.57 bits per heavy atom. The highest BCUT2D eigenvalue weighted by Gasteiger charge is 2.15. The van der Waals surface area contributed by atoms with Crippen molar-refractivity contribution in [1.82, 2.24) is 0 Å². The molecule has 0 aliphatic carbocycles. The lowest BCUT2D eigenvalue weighted by atomic mass is 10.1. The summed E-state index contributed by atoms with van der Waals surface area (Å²) in [6.07, 6.45) is -1.06. The van der Waals surface area contributed by atoms with Gasteiger partial charge in [-0.15, -0.1) is 0 Å². The zero-order valence-corrected chi connectivity index (χ0v) is 9.01. The molecule has 14 heavy (non-hydrogen) atoms. The number of methoxy groups -OCH3 is 1. The summed E-state index contributed by atoms with van der Waals surface area (Å²) in [7, 11) is 1.25. The number of alkyl halides is 1. The highest BCUT2D eigenvalue weighted by molar-refractivity contribution is 9.09. The molecule has 0 saturated heterocycles. The molecule has 1 atom stereocenters. The molecule has 1 aromatic rings. The van der Waals surface area contributed by atoms with E-state index in [4.69, 9.17) is 0 Å². The second kappa shape index (κ2) is 4.70. The Morgan fingerprint density at radius 1 is 1.43 bits per heavy atom. The third-order valence-electron chi connectivity index (χ3n) is 1.78. The van der Waals surface area contributed by atoms with Crippen molar-refractivity contribution in [2.75, 3.05) is 12.4 Å². The Bertz CT molecular complexity index is 331. The standard InChI is InChI=1S/C9H9BrF2O2/c1-14-9-3-6(11)5(2-7(9)12)8(13)4-10/h2-3,8,13H,4H2,1H3. The Balaban J connectivity index is 3.14. The first kappa shape index (κ1) is 11.4. The minimum Gasteiger partial charge on any atom is -0.494 e. The number of benzene rings is 1. The summed E-state index contributed by atoms with van der Waals surface area (Å²) in [6.45, 7) is 0. The van der Waals surface area contributed by atoms with Crippen LogP contribution in [0, 0.1) is 11.6 Å². The van der Waals surface area contributed by atoms with E-state index in [1.807, 2.05) is 0 Å². The van der Waals surface area contributed by atoms with Crippen LogP contribution in [0.4, 0.5) is 8.78 Å². The topological polar surface area (TPSA) is 29.5 Å². The Hall–Kier alpha value is -0.680. The average Bonchev–Trinajstić information content (AvgIpc) is 2.19. The average molecular weight is 267 g/mol. The van der Waals surface area contributed by atoms with Gasteiger partial charge in [0, 0.05) is 17.0 Å². The van der Waals surface area contributed by atoms with Crippen LogP contribution in [-0.2, 0) is 0 Å². The molecule has 2 nitrogen and oxygen atoms in total. The summed E-state index contributed by atoms with van der Waals surface area (Å²) < 4.78 is 30.9. The van der Waals surface area contributed by atoms with Crippen molar-refractivity contribution in [3.05, 3.63) is 29.3 Å². The van der Waals surface area contributed by atoms with E-state index in [1.165, 1.54) is 7.11 Å². The van der Waals surface area contributed by atoms with Gasteiger partial charge in [-0.25, -0.2) is 8.78 Å². The maximum absolute atomic E-state index is 13.2. The van der Waals surface area contributed by atoms with E-state index < -0.39 is 17.7 Å². The molecule has 0 aromatic heterocycles. The van der Waals surface area contributed by atoms with E-state index in [-0.39, 0.29) is 16.6 Å². The van der Waals surface area contributed by atoms with Crippen LogP contribution < -0.4 is 4.74 Å². The molecule has 0 spiro atoms. The Labute approximate surface area is 88.6 Å². The van der Waals surface area contributed by atoms with Gasteiger partial charge in [0.15, 0.2) is 11.6 Å². The van der Waals surface area contributed by atoms with Gasteiger partial charge in [-0.05, 0) is 6.07 Å². The molecule has 0 aliphatic rings. The summed E-state index contributed by atoms with van der Waals surface area (Å²) in [4.78, 5) is 0. The Kier molecular flexibility index (Phi) is 3.83. The van der Waals surface area contributed by atoms with Gasteiger partial charge in [0.1, 0.15) is 5.82 Å². The Morgan fingerprint density at radius 2 is 2.07 bits per heavy atom. The van der Waals surface area contributed by atoms with Crippen molar-refractivity contribution in [3.63, 3.8) is 0 Å². The molecule has 0 bridgehead atoms. The molecule has 1 unspecified atom stereocenters. The summed E-state index contributed by atoms with van der Waals surface area (Å²) in [5, 5.41) is 9.45. The van der Waals surface area contributed by atoms with Crippen LogP contribution in [0.15, 0.2) is 12.1 Å². The van der Waals surface area contributed by atoms with Gasteiger partial charge in [-0.1, -0.05) is 15.9 Å². The normalized spacial score (nSPS) is 12.6. The zero-order valence-electron chi connectivity index (χ0n) is 7.43. The van der Waals surface area contributed by atoms with Crippen molar-refractivity contribution in [2.45, 2.75) is 6.10 Å². The fourth-order valence-corrected chi connectivity index (χ4v) is 1.39. The number of hydrogen-bond acceptors (Lipinski definition) is 2. The van der Waals surface area contributed by atoms with E-state index in [0.29, 0.717) is 0 Å². The van der Waals surface area contributed by atoms with E-state index in [2.05, 4.69) is 20.7 Å². The number of rotatable bonds is 3. The number of aliphatic hydroxyl groups excluding tert-OH is 1. The molecule has 0 aliphatic heterocycles. The van der Waals surface area contributed by atoms with Crippen molar-refractivity contribution in [1.29, 1.82) is 0 Å². The van der Waals surface area contributed by atoms with Crippen molar-refractivity contribution in [2.24, 2.45) is 0 Å². The van der Waals surface area contributed by atoms with Gasteiger partial charge < -0.3 is 9.84 Å². The van der Waals surface area contributed by atoms with Gasteiger partial charge in [0.2, 0.25) is 0 Å². The van der Waals surface area contributed by atoms with Crippen LogP contribution in [0.3, 0.4) is 0 Å². The van der Waals surface area contributed by atoms with Crippen LogP contribution in [0.5, 0.6) is 5.75 Å². The molecule has 0 heterocycles. The second-order valence-electron chi connectivity index (χ2n) is 2.68. The summed E-state index contributed by atoms with van der Waals surface area (Å²) in [6, 6.07) is 1.84. The first-order chi connectivity index (χ1) is 6.60. The third kappa shape index (κ3) is 2.22. The van der Waals surface area contributed by atoms with E-state index >= 15 is 0 Å². The van der Waals surface area contributed by atoms with Gasteiger partial charge in [-0.3, -0.25) is 0 Å². The largest absolute Gasteiger partial charge is 0.494 e. The molecule has 1 rings (SSSR count). The lowest BCUT2D eigenvalue weighted by Crippen LogP contribution is -2.03. The molecular formula is C9H9BrF2O2. The molecule has 1 aromatic carbocycles. The summed E-state index contributed by atoms with van der Waals surface area (Å²) in [5.74, 6) is -1.55. The minimum atomic E-state index is -1.06. The van der Waals surface area contributed by atoms with Gasteiger partial charge in [-0.2, -0.15) is 0 Å². The quantitative estimate of drug-likeness (QED) is 0.852. The summed E-state index contributed by atoms with van der Waals surface area (Å²) >= 11 is 2.98. The minimum absolute atomic E-state index is 0.0832. The molecule has 0 fully saturated rings. The van der Waals surface area contributed by atoms with Gasteiger partial charge in [0.05, 0.1) is 13.2 Å². The monoisotopic (exact) mass is 266 g/mol. The second-order valence-corrected chi connectivity index (χ2v) is 3.33. The van der Waals surface area contributed by atoms with Crippen molar-refractivity contribution in [3.8, 4) is 5.75 Å². The fourth-order valence-electron chi connectivity index (χ4n) is 1.04. The van der Waals surface area contributed by atoms with Crippen LogP contribution in [0.2, 0.25) is 0 Å². The van der Waals surface area contributed by atoms with Crippen LogP contribution in [0.1, 0.15) is 11.7 Å². The number of aliphatic hydroxyl groups is 1. The summed E-state index contributed by atoms with van der Waals surface area (Å²) in [5.41, 5.74) is -0.0832. The number of halogens is 3. The maximum atomic E-state index is 13.2. The van der Waals surface area contributed by atoms with Crippen molar-refractivity contribution < 1.29 is 18.6 Å². The van der Waals surface area contributed by atoms with E-state index in [9.17, 15) is 13.9 Å². The van der Waals surface area contributed by atoms with Crippen LogP contribution >= 0.6 is 15.9 Å². The lowest BCUT2D eigenvalue weighted by molar-refractivity contribution is 0.199. The van der Waals surface area contributed by atoms with Crippen LogP contribution in [0.25, 0.3) is 0 Å². The molecule has 0 radical (unpaired) electrons. The van der Waals surface area contributed by atoms with E-state index in [1.54, 1.807) is 0 Å². The highest BCUT2D eigenvalue weighted by atomic mass is 79.9. The molecular weight excluding hydrogens is 258 g/mol. The molecule has 0 amide bonds. The van der Waals surface area contributed by atoms with E-state index in [0.717, 1.165) is 12.1 Å². The first-order valence-corrected chi connectivity index (χ1v) is 4.99. The van der Waals surface area contributed by atoms with Gasteiger partial charge >= 0.3 is 0 Å². The highest BCUT2D eigenvalue weighted by Crippen LogP contribution is 2.26. The molecule has 0 saturated carbocycles. The predicted molar refractivity (Wildman–Crippen MR) is 51.7 cm³/mol. The van der Waals surface area contributed by atoms with Gasteiger partial charge in [0.25, 0.3) is 0 Å². The molecule has 1 N–H and O–H groups in total. The fraction of sp³-hybridized carbons (Fsp3) is 0.333. The SMILES string of the molecule is COc1cc(F)c(C(O)CBr)cc1F. The maximum Gasteiger partial charge on any atom is 0.165 e. The molecule has 5 heteroatoms.